The van der Waals surface area contributed by atoms with Gasteiger partial charge in [-0.05, 0) is 128 Å². The van der Waals surface area contributed by atoms with Crippen LogP contribution in [0.5, 0.6) is 0 Å². The first-order valence-corrected chi connectivity index (χ1v) is 32.1. The average molecular weight is 1110 g/mol. The van der Waals surface area contributed by atoms with Gasteiger partial charge in [-0.25, -0.2) is 4.57 Å². The minimum absolute atomic E-state index is 0.0364. The maximum atomic E-state index is 12.7. The highest BCUT2D eigenvalue weighted by Crippen LogP contribution is 2.43. The second-order valence-electron chi connectivity index (χ2n) is 19.5. The molecule has 0 aromatic heterocycles. The van der Waals surface area contributed by atoms with Gasteiger partial charge in [0.15, 0.2) is 6.10 Å². The molecule has 0 spiro atoms. The Balaban J connectivity index is 4.11. The van der Waals surface area contributed by atoms with E-state index in [1.165, 1.54) is 57.8 Å². The van der Waals surface area contributed by atoms with Crippen molar-refractivity contribution in [3.05, 3.63) is 170 Å². The van der Waals surface area contributed by atoms with Gasteiger partial charge in [0.05, 0.1) is 13.2 Å². The average Bonchev–Trinajstić information content (AvgIpc) is 3.44. The van der Waals surface area contributed by atoms with Crippen LogP contribution in [0, 0.1) is 0 Å². The van der Waals surface area contributed by atoms with E-state index in [1.54, 1.807) is 0 Å². The fourth-order valence-electron chi connectivity index (χ4n) is 7.65. The summed E-state index contributed by atoms with van der Waals surface area (Å²) >= 11 is 0. The highest BCUT2D eigenvalue weighted by molar-refractivity contribution is 7.47. The lowest BCUT2D eigenvalue weighted by atomic mass is 10.0. The molecule has 10 heteroatoms. The van der Waals surface area contributed by atoms with Crippen molar-refractivity contribution in [2.75, 3.05) is 26.4 Å². The lowest BCUT2D eigenvalue weighted by Gasteiger charge is -2.19. The molecule has 2 unspecified atom stereocenters. The number of allylic oxidation sites excluding steroid dienone is 28. The van der Waals surface area contributed by atoms with Crippen LogP contribution in [0.4, 0.5) is 0 Å². The van der Waals surface area contributed by atoms with Crippen LogP contribution in [0.25, 0.3) is 0 Å². The van der Waals surface area contributed by atoms with Crippen molar-refractivity contribution in [3.8, 4) is 0 Å². The van der Waals surface area contributed by atoms with Crippen LogP contribution in [0.15, 0.2) is 170 Å². The predicted octanol–water partition coefficient (Wildman–Crippen LogP) is 19.8. The van der Waals surface area contributed by atoms with Gasteiger partial charge in [0, 0.05) is 19.4 Å². The molecule has 0 aromatic carbocycles. The van der Waals surface area contributed by atoms with Crippen LogP contribution in [-0.4, -0.2) is 49.3 Å². The summed E-state index contributed by atoms with van der Waals surface area (Å²) in [6, 6.07) is 0. The zero-order chi connectivity index (χ0) is 57.3. The molecule has 0 saturated heterocycles. The van der Waals surface area contributed by atoms with Crippen LogP contribution >= 0.6 is 7.82 Å². The Morgan fingerprint density at radius 1 is 0.380 bits per heavy atom. The number of phosphoric acid groups is 1. The number of nitrogens with two attached hydrogens (primary N) is 1. The first-order valence-electron chi connectivity index (χ1n) is 30.6. The number of ether oxygens (including phenoxy) is 2. The third-order valence-electron chi connectivity index (χ3n) is 12.1. The molecule has 0 saturated carbocycles. The maximum absolute atomic E-state index is 12.7. The zero-order valence-electron chi connectivity index (χ0n) is 49.5. The summed E-state index contributed by atoms with van der Waals surface area (Å²) in [5.41, 5.74) is 5.38. The summed E-state index contributed by atoms with van der Waals surface area (Å²) in [6.45, 7) is 3.44. The summed E-state index contributed by atoms with van der Waals surface area (Å²) in [5, 5.41) is 0. The summed E-state index contributed by atoms with van der Waals surface area (Å²) < 4.78 is 33.0. The summed E-state index contributed by atoms with van der Waals surface area (Å²) in [4.78, 5) is 35.2. The fraction of sp³-hybridized carbons (Fsp3) is 0.565. The van der Waals surface area contributed by atoms with Crippen molar-refractivity contribution in [3.63, 3.8) is 0 Å². The number of hydrogen-bond acceptors (Lipinski definition) is 8. The molecule has 0 aromatic rings. The number of hydrogen-bond donors (Lipinski definition) is 2. The summed E-state index contributed by atoms with van der Waals surface area (Å²) in [6.07, 6.45) is 92.7. The lowest BCUT2D eigenvalue weighted by Crippen LogP contribution is -2.29. The molecule has 3 N–H and O–H groups in total. The Morgan fingerprint density at radius 2 is 0.658 bits per heavy atom. The molecule has 0 amide bonds. The second-order valence-corrected chi connectivity index (χ2v) is 20.9. The number of rotatable bonds is 55. The van der Waals surface area contributed by atoms with E-state index < -0.39 is 32.5 Å². The highest BCUT2D eigenvalue weighted by Gasteiger charge is 2.26. The van der Waals surface area contributed by atoms with Crippen molar-refractivity contribution >= 4 is 19.8 Å². The topological polar surface area (TPSA) is 134 Å². The SMILES string of the molecule is CC/C=C\C/C=C\C/C=C\C/C=C\C/C=C\C/C=C\C/C=C\C/C=C\C/C=C\C/C=C\CCCCC(=O)OC(COC(=O)CCCCCCCCCCCCCC/C=C\C/C=C\C/C=C\C/C=C\CC)COP(=O)(O)OCCN. The lowest BCUT2D eigenvalue weighted by molar-refractivity contribution is -0.161. The maximum Gasteiger partial charge on any atom is 0.472 e. The molecule has 0 rings (SSSR count). The Kier molecular flexibility index (Phi) is 58.9. The van der Waals surface area contributed by atoms with E-state index in [0.29, 0.717) is 12.8 Å². The number of carbonyl (C=O) groups is 2. The van der Waals surface area contributed by atoms with Crippen molar-refractivity contribution < 1.29 is 37.6 Å². The second kappa shape index (κ2) is 62.6. The normalized spacial score (nSPS) is 14.2. The number of unbranched alkanes of at least 4 members (excludes halogenated alkanes) is 14. The van der Waals surface area contributed by atoms with Gasteiger partial charge in [0.2, 0.25) is 0 Å². The van der Waals surface area contributed by atoms with Gasteiger partial charge in [0.1, 0.15) is 6.61 Å². The largest absolute Gasteiger partial charge is 0.472 e. The molecule has 444 valence electrons. The highest BCUT2D eigenvalue weighted by atomic mass is 31.2. The van der Waals surface area contributed by atoms with Crippen molar-refractivity contribution in [1.29, 1.82) is 0 Å². The van der Waals surface area contributed by atoms with E-state index >= 15 is 0 Å². The summed E-state index contributed by atoms with van der Waals surface area (Å²) in [7, 11) is -4.42. The molecular weight excluding hydrogens is 1000 g/mol. The van der Waals surface area contributed by atoms with E-state index in [1.807, 2.05) is 0 Å². The molecule has 0 heterocycles. The predicted molar refractivity (Wildman–Crippen MR) is 339 cm³/mol. The van der Waals surface area contributed by atoms with Crippen molar-refractivity contribution in [2.24, 2.45) is 5.73 Å². The van der Waals surface area contributed by atoms with Crippen molar-refractivity contribution in [1.82, 2.24) is 0 Å². The third kappa shape index (κ3) is 62.4. The minimum Gasteiger partial charge on any atom is -0.462 e. The van der Waals surface area contributed by atoms with E-state index in [2.05, 4.69) is 184 Å². The molecule has 2 atom stereocenters. The number of carbonyl (C=O) groups excluding carboxylic acids is 2. The number of phosphoric ester groups is 1. The van der Waals surface area contributed by atoms with Crippen LogP contribution in [0.2, 0.25) is 0 Å². The zero-order valence-corrected chi connectivity index (χ0v) is 50.4. The molecule has 0 aliphatic rings. The standard InChI is InChI=1S/C69H110NO8P/c1-3-5-7-9-11-13-15-17-19-21-23-25-27-29-30-31-32-33-34-35-36-38-40-42-44-46-48-50-52-54-56-58-60-62-69(72)78-67(66-77-79(73,74)76-64-63-70)65-75-68(71)61-59-57-55-53-51-49-47-45-43-41-39-37-28-26-24-22-20-18-16-14-12-10-8-6-4-2/h5-8,11-14,17-20,23-26,29-30,32-33,35-36,40,42,46,48,52,54,67H,3-4,9-10,15-16,21-22,27-28,31,34,37-39,41,43-45,47,49-51,53,55-66,70H2,1-2H3,(H,73,74)/b7-5-,8-6-,13-11-,14-12-,19-17-,20-18-,25-23-,26-24-,30-29-,33-32-,36-35-,42-40-,48-46-,54-52-. The van der Waals surface area contributed by atoms with E-state index in [-0.39, 0.29) is 32.6 Å². The molecule has 79 heavy (non-hydrogen) atoms. The molecule has 0 aliphatic carbocycles. The molecule has 0 aliphatic heterocycles. The third-order valence-corrected chi connectivity index (χ3v) is 13.1. The van der Waals surface area contributed by atoms with E-state index in [0.717, 1.165) is 122 Å². The number of esters is 2. The first-order chi connectivity index (χ1) is 38.8. The Labute approximate surface area is 482 Å². The molecule has 0 fully saturated rings. The Hall–Kier alpha value is -4.63. The van der Waals surface area contributed by atoms with Gasteiger partial charge in [-0.15, -0.1) is 0 Å². The van der Waals surface area contributed by atoms with Gasteiger partial charge in [-0.2, -0.15) is 0 Å². The summed E-state index contributed by atoms with van der Waals surface area (Å²) in [5.74, 6) is -0.894. The minimum atomic E-state index is -4.42. The smallest absolute Gasteiger partial charge is 0.462 e. The van der Waals surface area contributed by atoms with Crippen LogP contribution < -0.4 is 5.73 Å². The van der Waals surface area contributed by atoms with E-state index in [9.17, 15) is 19.0 Å². The fourth-order valence-corrected chi connectivity index (χ4v) is 8.42. The van der Waals surface area contributed by atoms with Crippen molar-refractivity contribution in [2.45, 2.75) is 225 Å². The molecule has 9 nitrogen and oxygen atoms in total. The van der Waals surface area contributed by atoms with Crippen LogP contribution in [0.1, 0.15) is 219 Å². The van der Waals surface area contributed by atoms with Gasteiger partial charge in [0.25, 0.3) is 0 Å². The van der Waals surface area contributed by atoms with Crippen LogP contribution in [0.3, 0.4) is 0 Å². The van der Waals surface area contributed by atoms with Gasteiger partial charge in [-0.1, -0.05) is 248 Å². The van der Waals surface area contributed by atoms with Gasteiger partial charge < -0.3 is 20.1 Å². The van der Waals surface area contributed by atoms with Gasteiger partial charge in [-0.3, -0.25) is 18.6 Å². The molecule has 0 radical (unpaired) electrons. The van der Waals surface area contributed by atoms with E-state index in [4.69, 9.17) is 24.3 Å². The Morgan fingerprint density at radius 3 is 1.00 bits per heavy atom. The van der Waals surface area contributed by atoms with Gasteiger partial charge >= 0.3 is 19.8 Å². The molecule has 0 bridgehead atoms. The quantitative estimate of drug-likeness (QED) is 0.0264. The van der Waals surface area contributed by atoms with Crippen LogP contribution in [-0.2, 0) is 32.7 Å². The monoisotopic (exact) mass is 1110 g/mol. The first kappa shape index (κ1) is 74.4. The molecular formula is C69H110NO8P. The Bertz CT molecular complexity index is 1890.